The average Bonchev–Trinajstić information content (AvgIpc) is 2.96. The van der Waals surface area contributed by atoms with Crippen LogP contribution < -0.4 is 0 Å². The molecule has 0 spiro atoms. The number of aliphatic hydroxyl groups excluding tert-OH is 2. The number of allylic oxidation sites excluding steroid dienone is 1. The molecule has 6 heteroatoms. The first kappa shape index (κ1) is 30.0. The van der Waals surface area contributed by atoms with Crippen molar-refractivity contribution < 1.29 is 24.4 Å². The zero-order valence-electron chi connectivity index (χ0n) is 23.0. The molecule has 5 atom stereocenters. The van der Waals surface area contributed by atoms with Crippen molar-refractivity contribution in [2.45, 2.75) is 95.9 Å². The third-order valence-electron chi connectivity index (χ3n) is 6.85. The highest BCUT2D eigenvalue weighted by Crippen LogP contribution is 2.29. The highest BCUT2D eigenvalue weighted by Gasteiger charge is 2.47. The summed E-state index contributed by atoms with van der Waals surface area (Å²) in [4.78, 5) is 5.13. The summed E-state index contributed by atoms with van der Waals surface area (Å²) in [6, 6.07) is 19.3. The Bertz CT molecular complexity index is 907. The number of nitrogens with zero attached hydrogens (tertiary/aromatic N) is 1. The van der Waals surface area contributed by atoms with Gasteiger partial charge in [0.25, 0.3) is 0 Å². The van der Waals surface area contributed by atoms with Crippen LogP contribution in [-0.2, 0) is 14.2 Å². The molecule has 1 fully saturated rings. The maximum Gasteiger partial charge on any atom is 0.224 e. The summed E-state index contributed by atoms with van der Waals surface area (Å²) in [7, 11) is 0. The first-order valence-electron chi connectivity index (χ1n) is 14.2. The SMILES string of the molecule is CC=COC1OC(CO)C(O)C(OCCCCCCCCCC)C1N=C(c1ccccc1)c1ccccc1. The molecule has 38 heavy (non-hydrogen) atoms. The second-order valence-corrected chi connectivity index (χ2v) is 9.83. The lowest BCUT2D eigenvalue weighted by Crippen LogP contribution is -2.59. The summed E-state index contributed by atoms with van der Waals surface area (Å²) in [6.45, 7) is 4.25. The minimum absolute atomic E-state index is 0.338. The maximum atomic E-state index is 11.2. The fourth-order valence-corrected chi connectivity index (χ4v) is 4.77. The summed E-state index contributed by atoms with van der Waals surface area (Å²) >= 11 is 0. The molecule has 1 aliphatic rings. The Morgan fingerprint density at radius 3 is 2.03 bits per heavy atom. The number of ether oxygens (including phenoxy) is 3. The lowest BCUT2D eigenvalue weighted by molar-refractivity contribution is -0.258. The van der Waals surface area contributed by atoms with Crippen LogP contribution in [0.4, 0.5) is 0 Å². The quantitative estimate of drug-likeness (QED) is 0.159. The van der Waals surface area contributed by atoms with Crippen LogP contribution in [-0.4, -0.2) is 59.8 Å². The Kier molecular flexibility index (Phi) is 13.6. The van der Waals surface area contributed by atoms with Crippen LogP contribution >= 0.6 is 0 Å². The van der Waals surface area contributed by atoms with E-state index >= 15 is 0 Å². The second-order valence-electron chi connectivity index (χ2n) is 9.83. The molecule has 0 amide bonds. The van der Waals surface area contributed by atoms with Crippen molar-refractivity contribution >= 4 is 5.71 Å². The van der Waals surface area contributed by atoms with Gasteiger partial charge in [0, 0.05) is 17.7 Å². The molecule has 6 nitrogen and oxygen atoms in total. The largest absolute Gasteiger partial charge is 0.470 e. The maximum absolute atomic E-state index is 11.2. The van der Waals surface area contributed by atoms with Gasteiger partial charge in [-0.25, -0.2) is 0 Å². The molecule has 0 aliphatic carbocycles. The van der Waals surface area contributed by atoms with E-state index in [-0.39, 0.29) is 6.61 Å². The third kappa shape index (κ3) is 9.05. The van der Waals surface area contributed by atoms with Crippen LogP contribution in [0.1, 0.15) is 76.3 Å². The molecule has 3 rings (SSSR count). The van der Waals surface area contributed by atoms with Gasteiger partial charge in [-0.15, -0.1) is 0 Å². The van der Waals surface area contributed by atoms with E-state index in [0.29, 0.717) is 6.61 Å². The molecule has 1 saturated heterocycles. The summed E-state index contributed by atoms with van der Waals surface area (Å²) in [5.41, 5.74) is 2.66. The summed E-state index contributed by atoms with van der Waals surface area (Å²) in [5.74, 6) is 0. The number of rotatable bonds is 16. The molecule has 2 aromatic carbocycles. The minimum Gasteiger partial charge on any atom is -0.470 e. The van der Waals surface area contributed by atoms with Gasteiger partial charge in [-0.2, -0.15) is 0 Å². The molecule has 0 aromatic heterocycles. The number of hydrogen-bond donors (Lipinski definition) is 2. The van der Waals surface area contributed by atoms with E-state index in [9.17, 15) is 10.2 Å². The molecule has 2 N–H and O–H groups in total. The van der Waals surface area contributed by atoms with Gasteiger partial charge in [0.05, 0.1) is 18.6 Å². The monoisotopic (exact) mass is 523 g/mol. The Labute approximate surface area is 228 Å². The van der Waals surface area contributed by atoms with Gasteiger partial charge in [0.15, 0.2) is 0 Å². The standard InChI is InChI=1S/C32H45NO5/c1-3-5-6-7-8-9-10-17-23-36-31-29(32(37-22-4-2)38-27(24-34)30(31)35)33-28(25-18-13-11-14-19-25)26-20-15-12-16-21-26/h4,11-16,18-22,27,29-32,34-35H,3,5-10,17,23-24H2,1-2H3. The number of unbranched alkanes of at least 4 members (excludes halogenated alkanes) is 7. The van der Waals surface area contributed by atoms with E-state index in [2.05, 4.69) is 6.92 Å². The zero-order chi connectivity index (χ0) is 27.0. The normalized spacial score (nSPS) is 23.4. The van der Waals surface area contributed by atoms with E-state index in [1.54, 1.807) is 12.3 Å². The molecule has 2 aromatic rings. The van der Waals surface area contributed by atoms with Crippen molar-refractivity contribution in [2.24, 2.45) is 4.99 Å². The number of benzene rings is 2. The van der Waals surface area contributed by atoms with Gasteiger partial charge in [-0.05, 0) is 13.3 Å². The number of aliphatic imine (C=N–C) groups is 1. The van der Waals surface area contributed by atoms with Gasteiger partial charge in [0.1, 0.15) is 24.4 Å². The van der Waals surface area contributed by atoms with Crippen LogP contribution in [0.25, 0.3) is 0 Å². The topological polar surface area (TPSA) is 80.5 Å². The molecular formula is C32H45NO5. The van der Waals surface area contributed by atoms with Crippen molar-refractivity contribution in [3.05, 3.63) is 84.1 Å². The smallest absolute Gasteiger partial charge is 0.224 e. The van der Waals surface area contributed by atoms with Crippen LogP contribution in [0.15, 0.2) is 78.0 Å². The van der Waals surface area contributed by atoms with Crippen LogP contribution in [0.2, 0.25) is 0 Å². The predicted octanol–water partition coefficient (Wildman–Crippen LogP) is 6.05. The molecule has 5 unspecified atom stereocenters. The molecule has 0 radical (unpaired) electrons. The highest BCUT2D eigenvalue weighted by molar-refractivity contribution is 6.13. The van der Waals surface area contributed by atoms with E-state index in [0.717, 1.165) is 29.7 Å². The zero-order valence-corrected chi connectivity index (χ0v) is 23.0. The van der Waals surface area contributed by atoms with Gasteiger partial charge in [-0.3, -0.25) is 4.99 Å². The summed E-state index contributed by atoms with van der Waals surface area (Å²) in [6.07, 6.45) is 9.53. The molecular weight excluding hydrogens is 478 g/mol. The first-order valence-corrected chi connectivity index (χ1v) is 14.2. The summed E-state index contributed by atoms with van der Waals surface area (Å²) in [5, 5.41) is 21.1. The van der Waals surface area contributed by atoms with Crippen LogP contribution in [0.3, 0.4) is 0 Å². The van der Waals surface area contributed by atoms with Gasteiger partial charge >= 0.3 is 0 Å². The van der Waals surface area contributed by atoms with Crippen molar-refractivity contribution in [1.82, 2.24) is 0 Å². The lowest BCUT2D eigenvalue weighted by atomic mass is 9.95. The van der Waals surface area contributed by atoms with Gasteiger partial charge in [0.2, 0.25) is 6.29 Å². The molecule has 1 aliphatic heterocycles. The Morgan fingerprint density at radius 1 is 0.895 bits per heavy atom. The number of aliphatic hydroxyl groups is 2. The highest BCUT2D eigenvalue weighted by atomic mass is 16.7. The average molecular weight is 524 g/mol. The fraction of sp³-hybridized carbons (Fsp3) is 0.531. The van der Waals surface area contributed by atoms with Crippen LogP contribution in [0.5, 0.6) is 0 Å². The second kappa shape index (κ2) is 17.2. The minimum atomic E-state index is -1.04. The Balaban J connectivity index is 1.83. The lowest BCUT2D eigenvalue weighted by Gasteiger charge is -2.42. The van der Waals surface area contributed by atoms with E-state index < -0.39 is 30.6 Å². The molecule has 1 heterocycles. The Hall–Kier alpha value is -2.51. The number of hydrogen-bond acceptors (Lipinski definition) is 6. The molecule has 0 saturated carbocycles. The third-order valence-corrected chi connectivity index (χ3v) is 6.85. The van der Waals surface area contributed by atoms with Gasteiger partial charge < -0.3 is 24.4 Å². The molecule has 0 bridgehead atoms. The first-order chi connectivity index (χ1) is 18.7. The van der Waals surface area contributed by atoms with E-state index in [4.69, 9.17) is 19.2 Å². The van der Waals surface area contributed by atoms with E-state index in [1.807, 2.05) is 67.6 Å². The van der Waals surface area contributed by atoms with Crippen molar-refractivity contribution in [2.75, 3.05) is 13.2 Å². The fourth-order valence-electron chi connectivity index (χ4n) is 4.77. The Morgan fingerprint density at radius 2 is 1.47 bits per heavy atom. The van der Waals surface area contributed by atoms with Crippen molar-refractivity contribution in [3.8, 4) is 0 Å². The summed E-state index contributed by atoms with van der Waals surface area (Å²) < 4.78 is 18.2. The van der Waals surface area contributed by atoms with Crippen molar-refractivity contribution in [3.63, 3.8) is 0 Å². The van der Waals surface area contributed by atoms with Gasteiger partial charge in [-0.1, -0.05) is 119 Å². The van der Waals surface area contributed by atoms with Crippen molar-refractivity contribution in [1.29, 1.82) is 0 Å². The predicted molar refractivity (Wildman–Crippen MR) is 152 cm³/mol. The molecule has 208 valence electrons. The van der Waals surface area contributed by atoms with Crippen LogP contribution in [0, 0.1) is 0 Å². The van der Waals surface area contributed by atoms with E-state index in [1.165, 1.54) is 38.5 Å².